The predicted octanol–water partition coefficient (Wildman–Crippen LogP) is 4.59. The van der Waals surface area contributed by atoms with Gasteiger partial charge in [0, 0.05) is 35.9 Å². The van der Waals surface area contributed by atoms with Gasteiger partial charge in [-0.1, -0.05) is 17.7 Å². The Morgan fingerprint density at radius 1 is 1.03 bits per heavy atom. The van der Waals surface area contributed by atoms with E-state index in [1.54, 1.807) is 60.9 Å². The van der Waals surface area contributed by atoms with Gasteiger partial charge in [-0.25, -0.2) is 13.4 Å². The van der Waals surface area contributed by atoms with Crippen LogP contribution in [0.15, 0.2) is 83.3 Å². The minimum atomic E-state index is -3.69. The van der Waals surface area contributed by atoms with E-state index in [4.69, 9.17) is 0 Å². The van der Waals surface area contributed by atoms with Crippen LogP contribution in [0.3, 0.4) is 0 Å². The summed E-state index contributed by atoms with van der Waals surface area (Å²) in [6, 6.07) is 16.8. The van der Waals surface area contributed by atoms with E-state index in [9.17, 15) is 13.2 Å². The number of hydrogen-bond donors (Lipinski definition) is 1. The molecule has 9 heteroatoms. The van der Waals surface area contributed by atoms with Gasteiger partial charge in [-0.05, 0) is 55.5 Å². The van der Waals surface area contributed by atoms with Gasteiger partial charge in [-0.2, -0.15) is 0 Å². The Hall–Kier alpha value is -3.56. The maximum atomic E-state index is 12.9. The van der Waals surface area contributed by atoms with Gasteiger partial charge in [-0.15, -0.1) is 11.3 Å². The van der Waals surface area contributed by atoms with Gasteiger partial charge in [-0.3, -0.25) is 19.4 Å². The summed E-state index contributed by atoms with van der Waals surface area (Å²) in [4.78, 5) is 21.3. The van der Waals surface area contributed by atoms with Gasteiger partial charge in [0.25, 0.3) is 15.9 Å². The van der Waals surface area contributed by atoms with Crippen molar-refractivity contribution in [3.8, 4) is 11.3 Å². The van der Waals surface area contributed by atoms with Crippen molar-refractivity contribution in [3.63, 3.8) is 0 Å². The molecule has 0 aliphatic heterocycles. The largest absolute Gasteiger partial charge is 0.298 e. The van der Waals surface area contributed by atoms with E-state index in [0.29, 0.717) is 16.4 Å². The molecule has 0 fully saturated rings. The molecule has 2 heterocycles. The molecule has 7 nitrogen and oxygen atoms in total. The van der Waals surface area contributed by atoms with Crippen LogP contribution in [-0.2, 0) is 10.0 Å². The molecule has 2 aromatic heterocycles. The molecule has 0 saturated carbocycles. The minimum Gasteiger partial charge on any atom is -0.298 e. The second-order valence-corrected chi connectivity index (χ2v) is 9.89. The summed E-state index contributed by atoms with van der Waals surface area (Å²) in [5.41, 5.74) is 3.43. The smallest absolute Gasteiger partial charge is 0.264 e. The van der Waals surface area contributed by atoms with Crippen LogP contribution in [0, 0.1) is 6.92 Å². The van der Waals surface area contributed by atoms with Gasteiger partial charge in [0.15, 0.2) is 5.13 Å². The molecule has 2 aromatic carbocycles. The molecule has 4 rings (SSSR count). The van der Waals surface area contributed by atoms with Crippen LogP contribution in [-0.4, -0.2) is 31.3 Å². The Morgan fingerprint density at radius 2 is 1.75 bits per heavy atom. The highest BCUT2D eigenvalue weighted by Gasteiger charge is 2.21. The van der Waals surface area contributed by atoms with Gasteiger partial charge < -0.3 is 0 Å². The number of aromatic nitrogens is 2. The SMILES string of the molecule is Cc1ccc(S(=O)(=O)N(C)c2ccc(C(=O)Nc3nc(-c4cccnc4)cs3)cc2)cc1. The molecule has 162 valence electrons. The number of rotatable bonds is 6. The van der Waals surface area contributed by atoms with Gasteiger partial charge in [0.05, 0.1) is 16.3 Å². The Balaban J connectivity index is 1.47. The van der Waals surface area contributed by atoms with E-state index in [1.165, 1.54) is 22.7 Å². The number of sulfonamides is 1. The Kier molecular flexibility index (Phi) is 6.02. The lowest BCUT2D eigenvalue weighted by atomic mass is 10.2. The first kappa shape index (κ1) is 21.7. The van der Waals surface area contributed by atoms with E-state index in [0.717, 1.165) is 16.8 Å². The predicted molar refractivity (Wildman–Crippen MR) is 127 cm³/mol. The topological polar surface area (TPSA) is 92.3 Å². The number of anilines is 2. The average Bonchev–Trinajstić information content (AvgIpc) is 3.28. The monoisotopic (exact) mass is 464 g/mol. The number of aryl methyl sites for hydroxylation is 1. The second kappa shape index (κ2) is 8.89. The highest BCUT2D eigenvalue weighted by Crippen LogP contribution is 2.26. The van der Waals surface area contributed by atoms with Gasteiger partial charge in [0.1, 0.15) is 0 Å². The fraction of sp³-hybridized carbons (Fsp3) is 0.0870. The van der Waals surface area contributed by atoms with Crippen molar-refractivity contribution in [2.75, 3.05) is 16.7 Å². The summed E-state index contributed by atoms with van der Waals surface area (Å²) in [5, 5.41) is 5.09. The maximum Gasteiger partial charge on any atom is 0.264 e. The van der Waals surface area contributed by atoms with Crippen LogP contribution >= 0.6 is 11.3 Å². The third-order valence-electron chi connectivity index (χ3n) is 4.85. The molecular weight excluding hydrogens is 444 g/mol. The van der Waals surface area contributed by atoms with Crippen molar-refractivity contribution < 1.29 is 13.2 Å². The number of carbonyl (C=O) groups excluding carboxylic acids is 1. The highest BCUT2D eigenvalue weighted by atomic mass is 32.2. The first-order valence-electron chi connectivity index (χ1n) is 9.67. The van der Waals surface area contributed by atoms with Crippen LogP contribution in [0.2, 0.25) is 0 Å². The molecule has 0 spiro atoms. The molecule has 1 amide bonds. The normalized spacial score (nSPS) is 11.2. The first-order valence-corrected chi connectivity index (χ1v) is 12.0. The van der Waals surface area contributed by atoms with Gasteiger partial charge in [0.2, 0.25) is 0 Å². The molecule has 0 radical (unpaired) electrons. The number of hydrogen-bond acceptors (Lipinski definition) is 6. The third kappa shape index (κ3) is 4.53. The van der Waals surface area contributed by atoms with Gasteiger partial charge >= 0.3 is 0 Å². The molecule has 1 N–H and O–H groups in total. The summed E-state index contributed by atoms with van der Waals surface area (Å²) in [6.45, 7) is 1.90. The fourth-order valence-electron chi connectivity index (χ4n) is 2.98. The Morgan fingerprint density at radius 3 is 2.41 bits per heavy atom. The van der Waals surface area contributed by atoms with E-state index in [1.807, 2.05) is 24.4 Å². The molecule has 0 aliphatic carbocycles. The molecule has 0 atom stereocenters. The van der Waals surface area contributed by atoms with E-state index < -0.39 is 10.0 Å². The minimum absolute atomic E-state index is 0.209. The zero-order chi connectivity index (χ0) is 22.7. The van der Waals surface area contributed by atoms with Crippen molar-refractivity contribution in [1.29, 1.82) is 0 Å². The lowest BCUT2D eigenvalue weighted by molar-refractivity contribution is 0.102. The van der Waals surface area contributed by atoms with E-state index >= 15 is 0 Å². The molecule has 32 heavy (non-hydrogen) atoms. The highest BCUT2D eigenvalue weighted by molar-refractivity contribution is 7.92. The lowest BCUT2D eigenvalue weighted by Gasteiger charge is -2.20. The fourth-order valence-corrected chi connectivity index (χ4v) is 4.89. The van der Waals surface area contributed by atoms with Crippen molar-refractivity contribution >= 4 is 38.1 Å². The van der Waals surface area contributed by atoms with Crippen LogP contribution in [0.4, 0.5) is 10.8 Å². The summed E-state index contributed by atoms with van der Waals surface area (Å²) in [5.74, 6) is -0.326. The number of carbonyl (C=O) groups is 1. The number of thiazole rings is 1. The number of nitrogens with one attached hydrogen (secondary N) is 1. The molecule has 0 unspecified atom stereocenters. The zero-order valence-electron chi connectivity index (χ0n) is 17.4. The summed E-state index contributed by atoms with van der Waals surface area (Å²) in [6.07, 6.45) is 3.40. The van der Waals surface area contributed by atoms with Crippen molar-refractivity contribution in [1.82, 2.24) is 9.97 Å². The summed E-state index contributed by atoms with van der Waals surface area (Å²) < 4.78 is 26.9. The molecule has 0 bridgehead atoms. The van der Waals surface area contributed by atoms with Crippen molar-refractivity contribution in [3.05, 3.63) is 89.6 Å². The summed E-state index contributed by atoms with van der Waals surface area (Å²) >= 11 is 1.32. The maximum absolute atomic E-state index is 12.9. The lowest BCUT2D eigenvalue weighted by Crippen LogP contribution is -2.26. The van der Waals surface area contributed by atoms with Crippen LogP contribution in [0.5, 0.6) is 0 Å². The quantitative estimate of drug-likeness (QED) is 0.451. The number of benzene rings is 2. The van der Waals surface area contributed by atoms with Crippen LogP contribution < -0.4 is 9.62 Å². The van der Waals surface area contributed by atoms with Crippen molar-refractivity contribution in [2.45, 2.75) is 11.8 Å². The van der Waals surface area contributed by atoms with Crippen molar-refractivity contribution in [2.24, 2.45) is 0 Å². The van der Waals surface area contributed by atoms with E-state index in [-0.39, 0.29) is 10.8 Å². The van der Waals surface area contributed by atoms with Crippen LogP contribution in [0.25, 0.3) is 11.3 Å². The first-order chi connectivity index (χ1) is 15.3. The number of pyridine rings is 1. The number of amides is 1. The van der Waals surface area contributed by atoms with Crippen LogP contribution in [0.1, 0.15) is 15.9 Å². The Bertz CT molecular complexity index is 1330. The number of nitrogens with zero attached hydrogens (tertiary/aromatic N) is 3. The Labute approximate surface area is 190 Å². The van der Waals surface area contributed by atoms with E-state index in [2.05, 4.69) is 15.3 Å². The summed E-state index contributed by atoms with van der Waals surface area (Å²) in [7, 11) is -2.21. The molecule has 0 aliphatic rings. The second-order valence-electron chi connectivity index (χ2n) is 7.07. The molecular formula is C23H20N4O3S2. The molecule has 4 aromatic rings. The standard InChI is InChI=1S/C23H20N4O3S2/c1-16-5-11-20(12-6-16)32(29,30)27(2)19-9-7-17(8-10-19)22(28)26-23-25-21(15-31-23)18-4-3-13-24-14-18/h3-15H,1-2H3,(H,25,26,28). The average molecular weight is 465 g/mol. The third-order valence-corrected chi connectivity index (χ3v) is 7.41. The zero-order valence-corrected chi connectivity index (χ0v) is 19.0. The molecule has 0 saturated heterocycles.